The molecule has 1 aliphatic rings. The molecule has 1 saturated heterocycles. The quantitative estimate of drug-likeness (QED) is 0.558. The second kappa shape index (κ2) is 6.58. The molecule has 1 fully saturated rings. The molecule has 1 N–H and O–H groups in total. The van der Waals surface area contributed by atoms with Crippen LogP contribution in [0.15, 0.2) is 58.0 Å². The third-order valence-corrected chi connectivity index (χ3v) is 5.33. The predicted molar refractivity (Wildman–Crippen MR) is 107 cm³/mol. The van der Waals surface area contributed by atoms with E-state index in [1.54, 1.807) is 0 Å². The van der Waals surface area contributed by atoms with Gasteiger partial charge in [-0.3, -0.25) is 4.90 Å². The first-order valence-corrected chi connectivity index (χ1v) is 9.48. The summed E-state index contributed by atoms with van der Waals surface area (Å²) in [6, 6.07) is 11.7. The number of β-amino-alcohol motifs (C(OH)–C–C–N with tert-alkyl or cyclic N) is 1. The average molecular weight is 375 g/mol. The Morgan fingerprint density at radius 2 is 2.11 bits per heavy atom. The van der Waals surface area contributed by atoms with E-state index in [4.69, 9.17) is 4.42 Å². The Labute approximate surface area is 161 Å². The number of hydrogen-bond acceptors (Lipinski definition) is 5. The Hall–Kier alpha value is -2.96. The monoisotopic (exact) mass is 375 g/mol. The molecule has 0 radical (unpaired) electrons. The van der Waals surface area contributed by atoms with E-state index in [2.05, 4.69) is 9.88 Å². The summed E-state index contributed by atoms with van der Waals surface area (Å²) >= 11 is 0. The number of benzene rings is 1. The number of likely N-dealkylation sites (tertiary alicyclic amines) is 1. The van der Waals surface area contributed by atoms with Gasteiger partial charge >= 0.3 is 5.63 Å². The molecule has 5 rings (SSSR count). The predicted octanol–water partition coefficient (Wildman–Crippen LogP) is 2.98. The van der Waals surface area contributed by atoms with Gasteiger partial charge in [-0.25, -0.2) is 9.78 Å². The molecule has 6 heteroatoms. The van der Waals surface area contributed by atoms with Gasteiger partial charge in [-0.15, -0.1) is 0 Å². The Morgan fingerprint density at radius 3 is 2.93 bits per heavy atom. The maximum atomic E-state index is 12.6. The highest BCUT2D eigenvalue weighted by Crippen LogP contribution is 2.23. The molecule has 1 atom stereocenters. The van der Waals surface area contributed by atoms with E-state index in [1.165, 1.54) is 0 Å². The highest BCUT2D eigenvalue weighted by molar-refractivity contribution is 5.81. The fourth-order valence-electron chi connectivity index (χ4n) is 3.88. The number of aryl methyl sites for hydroxylation is 1. The number of aliphatic hydroxyl groups excluding tert-OH is 1. The van der Waals surface area contributed by atoms with Crippen LogP contribution in [0, 0.1) is 6.92 Å². The first kappa shape index (κ1) is 17.2. The van der Waals surface area contributed by atoms with E-state index >= 15 is 0 Å². The van der Waals surface area contributed by atoms with Gasteiger partial charge in [0.15, 0.2) is 0 Å². The lowest BCUT2D eigenvalue weighted by Crippen LogP contribution is -2.21. The Kier molecular flexibility index (Phi) is 4.03. The second-order valence-corrected chi connectivity index (χ2v) is 7.60. The fourth-order valence-corrected chi connectivity index (χ4v) is 3.88. The minimum Gasteiger partial charge on any atom is -0.422 e. The molecule has 3 aromatic heterocycles. The van der Waals surface area contributed by atoms with Crippen LogP contribution in [-0.2, 0) is 6.54 Å². The Bertz CT molecular complexity index is 1240. The van der Waals surface area contributed by atoms with E-state index in [9.17, 15) is 9.90 Å². The van der Waals surface area contributed by atoms with Crippen LogP contribution in [0.5, 0.6) is 0 Å². The summed E-state index contributed by atoms with van der Waals surface area (Å²) in [6.45, 7) is 4.33. The van der Waals surface area contributed by atoms with Gasteiger partial charge in [-0.1, -0.05) is 18.2 Å². The molecule has 4 heterocycles. The first-order valence-electron chi connectivity index (χ1n) is 9.48. The van der Waals surface area contributed by atoms with Gasteiger partial charge in [0.05, 0.1) is 17.4 Å². The smallest absolute Gasteiger partial charge is 0.345 e. The van der Waals surface area contributed by atoms with Crippen molar-refractivity contribution in [1.82, 2.24) is 14.3 Å². The van der Waals surface area contributed by atoms with E-state index in [0.717, 1.165) is 41.7 Å². The molecule has 0 saturated carbocycles. The number of pyridine rings is 1. The maximum absolute atomic E-state index is 12.6. The van der Waals surface area contributed by atoms with E-state index in [0.29, 0.717) is 23.4 Å². The number of aliphatic hydroxyl groups is 1. The molecule has 0 bridgehead atoms. The molecule has 1 unspecified atom stereocenters. The minimum absolute atomic E-state index is 0.241. The maximum Gasteiger partial charge on any atom is 0.345 e. The van der Waals surface area contributed by atoms with Crippen molar-refractivity contribution in [2.45, 2.75) is 26.0 Å². The highest BCUT2D eigenvalue weighted by atomic mass is 16.4. The molecule has 4 aromatic rings. The lowest BCUT2D eigenvalue weighted by atomic mass is 10.1. The van der Waals surface area contributed by atoms with Crippen molar-refractivity contribution in [2.24, 2.45) is 0 Å². The molecule has 142 valence electrons. The van der Waals surface area contributed by atoms with Crippen molar-refractivity contribution in [1.29, 1.82) is 0 Å². The summed E-state index contributed by atoms with van der Waals surface area (Å²) in [6.07, 6.45) is 4.41. The highest BCUT2D eigenvalue weighted by Gasteiger charge is 2.20. The molecule has 1 aromatic carbocycles. The number of fused-ring (bicyclic) bond motifs is 2. The lowest BCUT2D eigenvalue weighted by molar-refractivity contribution is 0.175. The Balaban J connectivity index is 1.51. The molecule has 0 spiro atoms. The SMILES string of the molecule is Cc1ccc2nc(-c3cc4ccc(CN5CCC(O)C5)cc4oc3=O)cn2c1. The van der Waals surface area contributed by atoms with Gasteiger partial charge in [0.2, 0.25) is 0 Å². The van der Waals surface area contributed by atoms with Crippen molar-refractivity contribution < 1.29 is 9.52 Å². The van der Waals surface area contributed by atoms with Gasteiger partial charge in [0.1, 0.15) is 11.2 Å². The van der Waals surface area contributed by atoms with Crippen molar-refractivity contribution in [2.75, 3.05) is 13.1 Å². The number of aromatic nitrogens is 2. The van der Waals surface area contributed by atoms with Crippen molar-refractivity contribution in [3.63, 3.8) is 0 Å². The van der Waals surface area contributed by atoms with Gasteiger partial charge < -0.3 is 13.9 Å². The standard InChI is InChI=1S/C22H21N3O3/c1-14-2-5-21-23-19(13-25(21)10-14)18-9-16-4-3-15(8-20(16)28-22(18)27)11-24-7-6-17(26)12-24/h2-5,8-10,13,17,26H,6-7,11-12H2,1H3. The molecule has 28 heavy (non-hydrogen) atoms. The van der Waals surface area contributed by atoms with Crippen molar-refractivity contribution in [3.8, 4) is 11.3 Å². The zero-order valence-electron chi connectivity index (χ0n) is 15.6. The molecule has 0 amide bonds. The summed E-state index contributed by atoms with van der Waals surface area (Å²) in [5.74, 6) is 0. The summed E-state index contributed by atoms with van der Waals surface area (Å²) in [5.41, 5.74) is 4.25. The number of rotatable bonds is 3. The number of nitrogens with zero attached hydrogens (tertiary/aromatic N) is 3. The van der Waals surface area contributed by atoms with Crippen LogP contribution in [0.4, 0.5) is 0 Å². The third kappa shape index (κ3) is 3.10. The first-order chi connectivity index (χ1) is 13.5. The second-order valence-electron chi connectivity index (χ2n) is 7.60. The fraction of sp³-hybridized carbons (Fsp3) is 0.273. The van der Waals surface area contributed by atoms with Crippen molar-refractivity contribution >= 4 is 16.6 Å². The van der Waals surface area contributed by atoms with Crippen LogP contribution in [-0.4, -0.2) is 38.6 Å². The summed E-state index contributed by atoms with van der Waals surface area (Å²) < 4.78 is 7.54. The van der Waals surface area contributed by atoms with Crippen LogP contribution in [0.25, 0.3) is 27.9 Å². The summed E-state index contributed by atoms with van der Waals surface area (Å²) in [7, 11) is 0. The van der Waals surface area contributed by atoms with Gasteiger partial charge in [-0.05, 0) is 42.7 Å². The molecular weight excluding hydrogens is 354 g/mol. The molecule has 6 nitrogen and oxygen atoms in total. The largest absolute Gasteiger partial charge is 0.422 e. The van der Waals surface area contributed by atoms with Crippen molar-refractivity contribution in [3.05, 3.63) is 70.3 Å². The zero-order valence-corrected chi connectivity index (χ0v) is 15.6. The van der Waals surface area contributed by atoms with E-state index < -0.39 is 0 Å². The normalized spacial score (nSPS) is 17.7. The van der Waals surface area contributed by atoms with Gasteiger partial charge in [-0.2, -0.15) is 0 Å². The van der Waals surface area contributed by atoms with Crippen LogP contribution in [0.1, 0.15) is 17.5 Å². The number of hydrogen-bond donors (Lipinski definition) is 1. The zero-order chi connectivity index (χ0) is 19.3. The lowest BCUT2D eigenvalue weighted by Gasteiger charge is -2.15. The number of imidazole rings is 1. The minimum atomic E-state index is -0.388. The van der Waals surface area contributed by atoms with Gasteiger partial charge in [0.25, 0.3) is 0 Å². The average Bonchev–Trinajstić information content (AvgIpc) is 3.26. The van der Waals surface area contributed by atoms with Crippen LogP contribution < -0.4 is 5.63 Å². The molecular formula is C22H21N3O3. The molecule has 0 aliphatic carbocycles. The van der Waals surface area contributed by atoms with Gasteiger partial charge in [0, 0.05) is 37.4 Å². The summed E-state index contributed by atoms with van der Waals surface area (Å²) in [4.78, 5) is 19.4. The van der Waals surface area contributed by atoms with E-state index in [1.807, 2.05) is 60.1 Å². The third-order valence-electron chi connectivity index (χ3n) is 5.33. The van der Waals surface area contributed by atoms with Crippen LogP contribution >= 0.6 is 0 Å². The topological polar surface area (TPSA) is 71.0 Å². The Morgan fingerprint density at radius 1 is 1.21 bits per heavy atom. The molecule has 1 aliphatic heterocycles. The summed E-state index contributed by atoms with van der Waals surface area (Å²) in [5, 5.41) is 10.6. The van der Waals surface area contributed by atoms with Crippen LogP contribution in [0.3, 0.4) is 0 Å². The van der Waals surface area contributed by atoms with E-state index in [-0.39, 0.29) is 11.7 Å². The van der Waals surface area contributed by atoms with Crippen LogP contribution in [0.2, 0.25) is 0 Å².